The van der Waals surface area contributed by atoms with E-state index in [1.54, 1.807) is 38.5 Å². The van der Waals surface area contributed by atoms with Gasteiger partial charge >= 0.3 is 0 Å². The number of nitrogens with one attached hydrogen (secondary N) is 1. The van der Waals surface area contributed by atoms with Crippen LogP contribution >= 0.6 is 0 Å². The van der Waals surface area contributed by atoms with Crippen molar-refractivity contribution in [2.45, 2.75) is 25.7 Å². The fourth-order valence-electron chi connectivity index (χ4n) is 3.02. The first-order valence-electron chi connectivity index (χ1n) is 8.83. The molecule has 1 fully saturated rings. The maximum atomic E-state index is 12.4. The Morgan fingerprint density at radius 3 is 2.31 bits per heavy atom. The van der Waals surface area contributed by atoms with Gasteiger partial charge in [-0.1, -0.05) is 12.8 Å². The molecule has 0 saturated carbocycles. The van der Waals surface area contributed by atoms with Crippen LogP contribution in [0.25, 0.3) is 0 Å². The smallest absolute Gasteiger partial charge is 0.276 e. The van der Waals surface area contributed by atoms with E-state index < -0.39 is 0 Å². The van der Waals surface area contributed by atoms with E-state index in [4.69, 9.17) is 9.47 Å². The predicted molar refractivity (Wildman–Crippen MR) is 100 cm³/mol. The Balaban J connectivity index is 1.68. The molecule has 1 amide bonds. The Bertz CT molecular complexity index is 741. The van der Waals surface area contributed by atoms with Crippen molar-refractivity contribution in [1.82, 2.24) is 10.2 Å². The number of carbonyl (C=O) groups excluding carboxylic acids is 1. The fourth-order valence-corrected chi connectivity index (χ4v) is 3.02. The molecule has 3 rings (SSSR count). The van der Waals surface area contributed by atoms with Gasteiger partial charge in [-0.25, -0.2) is 0 Å². The van der Waals surface area contributed by atoms with Crippen LogP contribution in [0, 0.1) is 0 Å². The molecule has 1 aliphatic rings. The Morgan fingerprint density at radius 2 is 1.69 bits per heavy atom. The lowest BCUT2D eigenvalue weighted by Crippen LogP contribution is -2.25. The van der Waals surface area contributed by atoms with Crippen molar-refractivity contribution in [2.75, 3.05) is 37.5 Å². The molecule has 0 aliphatic carbocycles. The molecule has 2 heterocycles. The Kier molecular flexibility index (Phi) is 5.88. The summed E-state index contributed by atoms with van der Waals surface area (Å²) in [5, 5.41) is 11.1. The highest BCUT2D eigenvalue weighted by molar-refractivity contribution is 6.02. The van der Waals surface area contributed by atoms with Gasteiger partial charge in [0.1, 0.15) is 0 Å². The molecule has 0 atom stereocenters. The van der Waals surface area contributed by atoms with Crippen LogP contribution in [0.2, 0.25) is 0 Å². The maximum absolute atomic E-state index is 12.4. The van der Waals surface area contributed by atoms with Crippen LogP contribution in [-0.4, -0.2) is 43.4 Å². The van der Waals surface area contributed by atoms with Crippen LogP contribution in [0.5, 0.6) is 11.5 Å². The van der Waals surface area contributed by atoms with Crippen molar-refractivity contribution in [3.8, 4) is 11.5 Å². The van der Waals surface area contributed by atoms with E-state index in [9.17, 15) is 4.79 Å². The number of aromatic nitrogens is 2. The van der Waals surface area contributed by atoms with Gasteiger partial charge in [0, 0.05) is 24.8 Å². The number of nitrogens with zero attached hydrogens (tertiary/aromatic N) is 3. The summed E-state index contributed by atoms with van der Waals surface area (Å²) < 4.78 is 10.4. The summed E-state index contributed by atoms with van der Waals surface area (Å²) in [6.07, 6.45) is 4.86. The molecule has 0 bridgehead atoms. The van der Waals surface area contributed by atoms with Crippen LogP contribution in [0.15, 0.2) is 30.3 Å². The monoisotopic (exact) mass is 356 g/mol. The Hall–Kier alpha value is -2.83. The summed E-state index contributed by atoms with van der Waals surface area (Å²) in [4.78, 5) is 14.6. The molecule has 1 aliphatic heterocycles. The highest BCUT2D eigenvalue weighted by Gasteiger charge is 2.14. The minimum absolute atomic E-state index is 0.276. The van der Waals surface area contributed by atoms with E-state index >= 15 is 0 Å². The third-order valence-electron chi connectivity index (χ3n) is 4.45. The third-order valence-corrected chi connectivity index (χ3v) is 4.45. The van der Waals surface area contributed by atoms with E-state index in [2.05, 4.69) is 20.4 Å². The number of amides is 1. The summed E-state index contributed by atoms with van der Waals surface area (Å²) in [7, 11) is 3.12. The van der Waals surface area contributed by atoms with Crippen molar-refractivity contribution in [3.63, 3.8) is 0 Å². The summed E-state index contributed by atoms with van der Waals surface area (Å²) in [6.45, 7) is 1.98. The van der Waals surface area contributed by atoms with Gasteiger partial charge in [-0.2, -0.15) is 0 Å². The number of hydrogen-bond acceptors (Lipinski definition) is 6. The van der Waals surface area contributed by atoms with Gasteiger partial charge in [0.15, 0.2) is 23.0 Å². The molecule has 7 heteroatoms. The maximum Gasteiger partial charge on any atom is 0.276 e. The zero-order valence-corrected chi connectivity index (χ0v) is 15.2. The Morgan fingerprint density at radius 1 is 0.962 bits per heavy atom. The number of hydrogen-bond donors (Lipinski definition) is 1. The molecule has 0 radical (unpaired) electrons. The Labute approximate surface area is 153 Å². The van der Waals surface area contributed by atoms with Crippen LogP contribution in [0.1, 0.15) is 36.2 Å². The molecular formula is C19H24N4O3. The van der Waals surface area contributed by atoms with E-state index in [1.165, 1.54) is 25.7 Å². The number of carbonyl (C=O) groups is 1. The quantitative estimate of drug-likeness (QED) is 0.887. The standard InChI is InChI=1S/C19H24N4O3/c1-25-16-9-7-14(13-17(16)26-2)20-19(24)15-8-10-18(22-21-15)23-11-5-3-4-6-12-23/h7-10,13H,3-6,11-12H2,1-2H3,(H,20,24). The third kappa shape index (κ3) is 4.22. The topological polar surface area (TPSA) is 76.6 Å². The van der Waals surface area contributed by atoms with Gasteiger partial charge in [0.2, 0.25) is 0 Å². The van der Waals surface area contributed by atoms with Gasteiger partial charge in [-0.15, -0.1) is 10.2 Å². The van der Waals surface area contributed by atoms with Crippen LogP contribution in [-0.2, 0) is 0 Å². The molecule has 138 valence electrons. The first-order chi connectivity index (χ1) is 12.7. The van der Waals surface area contributed by atoms with Gasteiger partial charge in [-0.05, 0) is 37.1 Å². The summed E-state index contributed by atoms with van der Waals surface area (Å²) in [5.74, 6) is 1.67. The largest absolute Gasteiger partial charge is 0.493 e. The van der Waals surface area contributed by atoms with Gasteiger partial charge in [-0.3, -0.25) is 4.79 Å². The molecule has 0 unspecified atom stereocenters. The van der Waals surface area contributed by atoms with E-state index in [-0.39, 0.29) is 11.6 Å². The van der Waals surface area contributed by atoms with Gasteiger partial charge < -0.3 is 19.7 Å². The summed E-state index contributed by atoms with van der Waals surface area (Å²) in [6, 6.07) is 8.77. The molecule has 1 aromatic heterocycles. The van der Waals surface area contributed by atoms with Crippen molar-refractivity contribution in [1.29, 1.82) is 0 Å². The second-order valence-corrected chi connectivity index (χ2v) is 6.20. The number of anilines is 2. The molecule has 26 heavy (non-hydrogen) atoms. The molecule has 1 N–H and O–H groups in total. The molecule has 0 spiro atoms. The highest BCUT2D eigenvalue weighted by Crippen LogP contribution is 2.29. The van der Waals surface area contributed by atoms with Crippen LogP contribution < -0.4 is 19.7 Å². The highest BCUT2D eigenvalue weighted by atomic mass is 16.5. The minimum Gasteiger partial charge on any atom is -0.493 e. The molecular weight excluding hydrogens is 332 g/mol. The van der Waals surface area contributed by atoms with Crippen LogP contribution in [0.3, 0.4) is 0 Å². The van der Waals surface area contributed by atoms with Crippen LogP contribution in [0.4, 0.5) is 11.5 Å². The normalized spacial score (nSPS) is 14.5. The molecule has 1 aromatic carbocycles. The van der Waals surface area contributed by atoms with Gasteiger partial charge in [0.05, 0.1) is 14.2 Å². The second kappa shape index (κ2) is 8.51. The SMILES string of the molecule is COc1ccc(NC(=O)c2ccc(N3CCCCCC3)nn2)cc1OC. The fraction of sp³-hybridized carbons (Fsp3) is 0.421. The molecule has 1 saturated heterocycles. The lowest BCUT2D eigenvalue weighted by molar-refractivity contribution is 0.102. The minimum atomic E-state index is -0.313. The molecule has 7 nitrogen and oxygen atoms in total. The van der Waals surface area contributed by atoms with E-state index in [1.807, 2.05) is 6.07 Å². The summed E-state index contributed by atoms with van der Waals surface area (Å²) in [5.41, 5.74) is 0.879. The predicted octanol–water partition coefficient (Wildman–Crippen LogP) is 3.13. The lowest BCUT2D eigenvalue weighted by Gasteiger charge is -2.20. The first kappa shape index (κ1) is 18.0. The van der Waals surface area contributed by atoms with Crippen molar-refractivity contribution < 1.29 is 14.3 Å². The number of methoxy groups -OCH3 is 2. The average Bonchev–Trinajstić information content (AvgIpc) is 2.97. The number of benzene rings is 1. The zero-order chi connectivity index (χ0) is 18.4. The second-order valence-electron chi connectivity index (χ2n) is 6.20. The molecule has 2 aromatic rings. The van der Waals surface area contributed by atoms with E-state index in [0.29, 0.717) is 17.2 Å². The van der Waals surface area contributed by atoms with Gasteiger partial charge in [0.25, 0.3) is 5.91 Å². The number of rotatable bonds is 5. The van der Waals surface area contributed by atoms with E-state index in [0.717, 1.165) is 18.9 Å². The summed E-state index contributed by atoms with van der Waals surface area (Å²) >= 11 is 0. The van der Waals surface area contributed by atoms with Crippen molar-refractivity contribution in [3.05, 3.63) is 36.0 Å². The first-order valence-corrected chi connectivity index (χ1v) is 8.83. The average molecular weight is 356 g/mol. The van der Waals surface area contributed by atoms with Crippen molar-refractivity contribution >= 4 is 17.4 Å². The van der Waals surface area contributed by atoms with Crippen molar-refractivity contribution in [2.24, 2.45) is 0 Å². The lowest BCUT2D eigenvalue weighted by atomic mass is 10.2. The number of ether oxygens (including phenoxy) is 2. The zero-order valence-electron chi connectivity index (χ0n) is 15.2.